The maximum absolute atomic E-state index is 12.6. The van der Waals surface area contributed by atoms with E-state index in [4.69, 9.17) is 4.74 Å². The van der Waals surface area contributed by atoms with Gasteiger partial charge in [0.15, 0.2) is 0 Å². The van der Waals surface area contributed by atoms with E-state index in [1.54, 1.807) is 24.1 Å². The number of piperazine rings is 1. The average Bonchev–Trinajstić information content (AvgIpc) is 3.10. The number of hydrogen-bond donors (Lipinski definition) is 0. The minimum absolute atomic E-state index is 0.0683. The predicted octanol–water partition coefficient (Wildman–Crippen LogP) is 1.87. The first kappa shape index (κ1) is 15.4. The second kappa shape index (κ2) is 6.73. The first-order valence-electron chi connectivity index (χ1n) is 7.93. The summed E-state index contributed by atoms with van der Waals surface area (Å²) in [5.74, 6) is 0.925. The number of methoxy groups -OCH3 is 1. The van der Waals surface area contributed by atoms with E-state index >= 15 is 0 Å². The van der Waals surface area contributed by atoms with Crippen molar-refractivity contribution in [3.05, 3.63) is 42.2 Å². The average molecular weight is 314 g/mol. The van der Waals surface area contributed by atoms with Crippen LogP contribution in [-0.4, -0.2) is 53.9 Å². The van der Waals surface area contributed by atoms with E-state index in [9.17, 15) is 4.79 Å². The molecule has 23 heavy (non-hydrogen) atoms. The summed E-state index contributed by atoms with van der Waals surface area (Å²) in [5, 5.41) is 4.18. The summed E-state index contributed by atoms with van der Waals surface area (Å²) < 4.78 is 6.94. The molecule has 0 atom stereocenters. The number of anilines is 1. The summed E-state index contributed by atoms with van der Waals surface area (Å²) in [6.07, 6.45) is 1.68. The maximum Gasteiger partial charge on any atom is 0.272 e. The molecule has 0 radical (unpaired) electrons. The molecular formula is C17H22N4O2. The Bertz CT molecular complexity index is 657. The quantitative estimate of drug-likeness (QED) is 0.864. The zero-order chi connectivity index (χ0) is 16.2. The lowest BCUT2D eigenvalue weighted by atomic mass is 10.2. The fraction of sp³-hybridized carbons (Fsp3) is 0.412. The van der Waals surface area contributed by atoms with Crippen molar-refractivity contribution < 1.29 is 9.53 Å². The Labute approximate surface area is 136 Å². The van der Waals surface area contributed by atoms with Crippen LogP contribution in [0.15, 0.2) is 36.5 Å². The predicted molar refractivity (Wildman–Crippen MR) is 89.0 cm³/mol. The lowest BCUT2D eigenvalue weighted by Gasteiger charge is -2.36. The van der Waals surface area contributed by atoms with Gasteiger partial charge in [-0.05, 0) is 37.3 Å². The van der Waals surface area contributed by atoms with Crippen LogP contribution >= 0.6 is 0 Å². The number of amides is 1. The molecule has 2 aromatic rings. The summed E-state index contributed by atoms with van der Waals surface area (Å²) in [6, 6.07) is 9.84. The van der Waals surface area contributed by atoms with Crippen LogP contribution in [0.1, 0.15) is 17.4 Å². The number of aromatic nitrogens is 2. The van der Waals surface area contributed by atoms with Gasteiger partial charge in [-0.3, -0.25) is 9.48 Å². The van der Waals surface area contributed by atoms with Gasteiger partial charge in [-0.2, -0.15) is 5.10 Å². The number of aryl methyl sites for hydroxylation is 1. The van der Waals surface area contributed by atoms with Gasteiger partial charge in [0.25, 0.3) is 5.91 Å². The highest BCUT2D eigenvalue weighted by atomic mass is 16.5. The number of carbonyl (C=O) groups excluding carboxylic acids is 1. The van der Waals surface area contributed by atoms with Gasteiger partial charge in [0.05, 0.1) is 7.11 Å². The topological polar surface area (TPSA) is 50.6 Å². The Morgan fingerprint density at radius 1 is 1.13 bits per heavy atom. The normalized spacial score (nSPS) is 14.9. The molecule has 1 aromatic heterocycles. The number of carbonyl (C=O) groups is 1. The molecule has 0 unspecified atom stereocenters. The molecule has 1 fully saturated rings. The monoisotopic (exact) mass is 314 g/mol. The first-order valence-corrected chi connectivity index (χ1v) is 7.93. The van der Waals surface area contributed by atoms with Crippen molar-refractivity contribution in [2.45, 2.75) is 13.5 Å². The minimum atomic E-state index is 0.0683. The van der Waals surface area contributed by atoms with E-state index in [0.717, 1.165) is 37.6 Å². The van der Waals surface area contributed by atoms with Gasteiger partial charge in [0.2, 0.25) is 0 Å². The second-order valence-corrected chi connectivity index (χ2v) is 5.51. The Morgan fingerprint density at radius 2 is 1.83 bits per heavy atom. The van der Waals surface area contributed by atoms with Gasteiger partial charge < -0.3 is 14.5 Å². The Hall–Kier alpha value is -2.50. The molecule has 0 N–H and O–H groups in total. The smallest absolute Gasteiger partial charge is 0.272 e. The number of benzene rings is 1. The molecule has 0 saturated carbocycles. The van der Waals surface area contributed by atoms with Gasteiger partial charge in [-0.1, -0.05) is 0 Å². The number of nitrogens with zero attached hydrogens (tertiary/aromatic N) is 4. The van der Waals surface area contributed by atoms with Crippen molar-refractivity contribution in [3.63, 3.8) is 0 Å². The van der Waals surface area contributed by atoms with Crippen LogP contribution in [0.2, 0.25) is 0 Å². The van der Waals surface area contributed by atoms with Crippen molar-refractivity contribution >= 4 is 11.6 Å². The van der Waals surface area contributed by atoms with Gasteiger partial charge in [-0.25, -0.2) is 0 Å². The van der Waals surface area contributed by atoms with Gasteiger partial charge in [-0.15, -0.1) is 0 Å². The zero-order valence-electron chi connectivity index (χ0n) is 13.6. The van der Waals surface area contributed by atoms with Crippen LogP contribution < -0.4 is 9.64 Å². The third-order valence-electron chi connectivity index (χ3n) is 4.24. The largest absolute Gasteiger partial charge is 0.497 e. The fourth-order valence-corrected chi connectivity index (χ4v) is 2.89. The minimum Gasteiger partial charge on any atom is -0.497 e. The third-order valence-corrected chi connectivity index (χ3v) is 4.24. The molecule has 1 amide bonds. The molecule has 0 spiro atoms. The summed E-state index contributed by atoms with van der Waals surface area (Å²) in [4.78, 5) is 16.8. The molecule has 2 heterocycles. The van der Waals surface area contributed by atoms with E-state index < -0.39 is 0 Å². The van der Waals surface area contributed by atoms with Crippen molar-refractivity contribution in [2.75, 3.05) is 38.2 Å². The molecule has 6 heteroatoms. The van der Waals surface area contributed by atoms with E-state index in [2.05, 4.69) is 22.1 Å². The van der Waals surface area contributed by atoms with Crippen molar-refractivity contribution in [2.24, 2.45) is 0 Å². The number of ether oxygens (including phenoxy) is 1. The van der Waals surface area contributed by atoms with E-state index in [1.165, 1.54) is 0 Å². The molecule has 1 saturated heterocycles. The van der Waals surface area contributed by atoms with Crippen molar-refractivity contribution in [1.29, 1.82) is 0 Å². The van der Waals surface area contributed by atoms with Crippen LogP contribution in [-0.2, 0) is 6.54 Å². The molecule has 0 aliphatic carbocycles. The van der Waals surface area contributed by atoms with Crippen LogP contribution in [0.3, 0.4) is 0 Å². The maximum atomic E-state index is 12.6. The van der Waals surface area contributed by atoms with Gasteiger partial charge in [0, 0.05) is 44.6 Å². The molecule has 6 nitrogen and oxygen atoms in total. The Balaban J connectivity index is 1.62. The van der Waals surface area contributed by atoms with Crippen LogP contribution in [0.25, 0.3) is 0 Å². The standard InChI is InChI=1S/C17H22N4O2/c1-3-21-16(8-9-18-21)17(22)20-12-10-19(11-13-20)14-4-6-15(23-2)7-5-14/h4-9H,3,10-13H2,1-2H3. The number of rotatable bonds is 4. The highest BCUT2D eigenvalue weighted by molar-refractivity contribution is 5.92. The SMILES string of the molecule is CCn1nccc1C(=O)N1CCN(c2ccc(OC)cc2)CC1. The summed E-state index contributed by atoms with van der Waals surface area (Å²) >= 11 is 0. The highest BCUT2D eigenvalue weighted by Gasteiger charge is 2.24. The van der Waals surface area contributed by atoms with Crippen LogP contribution in [0, 0.1) is 0 Å². The summed E-state index contributed by atoms with van der Waals surface area (Å²) in [5.41, 5.74) is 1.84. The summed E-state index contributed by atoms with van der Waals surface area (Å²) in [7, 11) is 1.67. The lowest BCUT2D eigenvalue weighted by Crippen LogP contribution is -2.49. The van der Waals surface area contributed by atoms with Gasteiger partial charge in [0.1, 0.15) is 11.4 Å². The van der Waals surface area contributed by atoms with E-state index in [-0.39, 0.29) is 5.91 Å². The van der Waals surface area contributed by atoms with Crippen LogP contribution in [0.5, 0.6) is 5.75 Å². The van der Waals surface area contributed by atoms with Crippen molar-refractivity contribution in [1.82, 2.24) is 14.7 Å². The van der Waals surface area contributed by atoms with Crippen molar-refractivity contribution in [3.8, 4) is 5.75 Å². The molecule has 3 rings (SSSR count). The highest BCUT2D eigenvalue weighted by Crippen LogP contribution is 2.21. The van der Waals surface area contributed by atoms with Gasteiger partial charge >= 0.3 is 0 Å². The first-order chi connectivity index (χ1) is 11.2. The van der Waals surface area contributed by atoms with E-state index in [1.807, 2.05) is 24.0 Å². The van der Waals surface area contributed by atoms with Crippen LogP contribution in [0.4, 0.5) is 5.69 Å². The number of hydrogen-bond acceptors (Lipinski definition) is 4. The second-order valence-electron chi connectivity index (χ2n) is 5.51. The third kappa shape index (κ3) is 3.16. The zero-order valence-corrected chi connectivity index (χ0v) is 13.6. The lowest BCUT2D eigenvalue weighted by molar-refractivity contribution is 0.0734. The Kier molecular flexibility index (Phi) is 4.50. The summed E-state index contributed by atoms with van der Waals surface area (Å²) in [6.45, 7) is 5.81. The molecular weight excluding hydrogens is 292 g/mol. The fourth-order valence-electron chi connectivity index (χ4n) is 2.89. The Morgan fingerprint density at radius 3 is 2.43 bits per heavy atom. The molecule has 1 aliphatic rings. The molecule has 122 valence electrons. The molecule has 1 aromatic carbocycles. The molecule has 0 bridgehead atoms. The molecule has 1 aliphatic heterocycles. The van der Waals surface area contributed by atoms with E-state index in [0.29, 0.717) is 12.2 Å².